The molecule has 0 aliphatic carbocycles. The largest absolute Gasteiger partial charge is 0.496 e. The number of hydrogen-bond donors (Lipinski definition) is 2. The van der Waals surface area contributed by atoms with Crippen molar-refractivity contribution in [3.05, 3.63) is 58.1 Å². The molecule has 5 nitrogen and oxygen atoms in total. The Balaban J connectivity index is 2.28. The summed E-state index contributed by atoms with van der Waals surface area (Å²) in [4.78, 5) is 0.299. The smallest absolute Gasteiger partial charge is 0.241 e. The molecular weight excluding hydrogens is 326 g/mol. The van der Waals surface area contributed by atoms with Gasteiger partial charge in [-0.05, 0) is 54.7 Å². The molecule has 0 aliphatic heterocycles. The van der Waals surface area contributed by atoms with E-state index < -0.39 is 10.0 Å². The van der Waals surface area contributed by atoms with Crippen molar-refractivity contribution < 1.29 is 18.3 Å². The molecular formula is C18H23NO4S. The number of sulfonamides is 1. The highest BCUT2D eigenvalue weighted by molar-refractivity contribution is 7.89. The maximum absolute atomic E-state index is 12.7. The van der Waals surface area contributed by atoms with Crippen LogP contribution >= 0.6 is 0 Å². The van der Waals surface area contributed by atoms with E-state index in [-0.39, 0.29) is 13.2 Å². The van der Waals surface area contributed by atoms with Crippen LogP contribution in [0.3, 0.4) is 0 Å². The summed E-state index contributed by atoms with van der Waals surface area (Å²) in [5.74, 6) is 0.684. The van der Waals surface area contributed by atoms with E-state index in [1.807, 2.05) is 6.92 Å². The first kappa shape index (κ1) is 18.4. The van der Waals surface area contributed by atoms with Gasteiger partial charge < -0.3 is 9.84 Å². The second-order valence-electron chi connectivity index (χ2n) is 5.77. The summed E-state index contributed by atoms with van der Waals surface area (Å²) in [6.07, 6.45) is 0. The van der Waals surface area contributed by atoms with Gasteiger partial charge in [0.1, 0.15) is 5.75 Å². The monoisotopic (exact) mass is 349 g/mol. The molecule has 0 unspecified atom stereocenters. The molecule has 2 N–H and O–H groups in total. The van der Waals surface area contributed by atoms with E-state index in [1.54, 1.807) is 51.3 Å². The number of methoxy groups -OCH3 is 1. The maximum atomic E-state index is 12.7. The highest BCUT2D eigenvalue weighted by Gasteiger charge is 2.22. The summed E-state index contributed by atoms with van der Waals surface area (Å²) in [5, 5.41) is 9.04. The molecule has 0 heterocycles. The van der Waals surface area contributed by atoms with Gasteiger partial charge in [0.05, 0.1) is 18.6 Å². The lowest BCUT2D eigenvalue weighted by atomic mass is 10.1. The van der Waals surface area contributed by atoms with E-state index in [0.717, 1.165) is 16.7 Å². The molecule has 2 aromatic carbocycles. The zero-order chi connectivity index (χ0) is 17.9. The van der Waals surface area contributed by atoms with Gasteiger partial charge in [-0.3, -0.25) is 0 Å². The average molecular weight is 349 g/mol. The van der Waals surface area contributed by atoms with Crippen LogP contribution < -0.4 is 9.46 Å². The second-order valence-corrected chi connectivity index (χ2v) is 7.48. The molecule has 0 amide bonds. The molecule has 0 saturated carbocycles. The van der Waals surface area contributed by atoms with Crippen LogP contribution in [0.5, 0.6) is 5.75 Å². The van der Waals surface area contributed by atoms with Crippen molar-refractivity contribution in [2.75, 3.05) is 7.11 Å². The molecule has 0 atom stereocenters. The van der Waals surface area contributed by atoms with Crippen LogP contribution in [-0.4, -0.2) is 20.6 Å². The van der Waals surface area contributed by atoms with Gasteiger partial charge in [-0.1, -0.05) is 24.3 Å². The van der Waals surface area contributed by atoms with Crippen molar-refractivity contribution in [3.8, 4) is 5.75 Å². The normalized spacial score (nSPS) is 11.5. The first-order chi connectivity index (χ1) is 11.3. The van der Waals surface area contributed by atoms with Crippen molar-refractivity contribution in [2.24, 2.45) is 0 Å². The number of hydrogen-bond acceptors (Lipinski definition) is 4. The van der Waals surface area contributed by atoms with Crippen molar-refractivity contribution in [2.45, 2.75) is 38.8 Å². The van der Waals surface area contributed by atoms with Gasteiger partial charge in [-0.25, -0.2) is 13.1 Å². The molecule has 0 fully saturated rings. The Hall–Kier alpha value is -1.89. The van der Waals surface area contributed by atoms with Crippen molar-refractivity contribution in [1.82, 2.24) is 4.72 Å². The third kappa shape index (κ3) is 3.77. The van der Waals surface area contributed by atoms with Crippen molar-refractivity contribution >= 4 is 10.0 Å². The summed E-state index contributed by atoms with van der Waals surface area (Å²) in [7, 11) is -2.06. The molecule has 6 heteroatoms. The van der Waals surface area contributed by atoms with Gasteiger partial charge in [-0.2, -0.15) is 0 Å². The van der Waals surface area contributed by atoms with E-state index in [0.29, 0.717) is 21.8 Å². The summed E-state index contributed by atoms with van der Waals surface area (Å²) in [6, 6.07) is 8.89. The van der Waals surface area contributed by atoms with Crippen LogP contribution in [0.4, 0.5) is 0 Å². The number of aliphatic hydroxyl groups is 1. The fraction of sp³-hybridized carbons (Fsp3) is 0.333. The quantitative estimate of drug-likeness (QED) is 0.840. The zero-order valence-corrected chi connectivity index (χ0v) is 15.2. The summed E-state index contributed by atoms with van der Waals surface area (Å²) in [6.45, 7) is 5.56. The molecule has 130 valence electrons. The first-order valence-electron chi connectivity index (χ1n) is 7.63. The van der Waals surface area contributed by atoms with Gasteiger partial charge in [0.15, 0.2) is 0 Å². The van der Waals surface area contributed by atoms with E-state index in [4.69, 9.17) is 9.84 Å². The number of nitrogens with one attached hydrogen (secondary N) is 1. The summed E-state index contributed by atoms with van der Waals surface area (Å²) < 4.78 is 33.4. The number of ether oxygens (including phenoxy) is 1. The summed E-state index contributed by atoms with van der Waals surface area (Å²) in [5.41, 5.74) is 3.78. The SMILES string of the molecule is COc1cc(C)c(S(=O)(=O)NCc2ccc(CO)cc2)c(C)c1C. The van der Waals surface area contributed by atoms with Crippen molar-refractivity contribution in [1.29, 1.82) is 0 Å². The molecule has 2 aromatic rings. The van der Waals surface area contributed by atoms with Gasteiger partial charge >= 0.3 is 0 Å². The fourth-order valence-corrected chi connectivity index (χ4v) is 4.20. The maximum Gasteiger partial charge on any atom is 0.241 e. The van der Waals surface area contributed by atoms with Gasteiger partial charge in [0.2, 0.25) is 10.0 Å². The summed E-state index contributed by atoms with van der Waals surface area (Å²) >= 11 is 0. The van der Waals surface area contributed by atoms with E-state index in [1.165, 1.54) is 0 Å². The third-order valence-electron chi connectivity index (χ3n) is 4.14. The van der Waals surface area contributed by atoms with Crippen LogP contribution in [0.1, 0.15) is 27.8 Å². The molecule has 2 rings (SSSR count). The Kier molecular flexibility index (Phi) is 5.64. The van der Waals surface area contributed by atoms with E-state index in [9.17, 15) is 8.42 Å². The van der Waals surface area contributed by atoms with Crippen LogP contribution in [-0.2, 0) is 23.2 Å². The molecule has 24 heavy (non-hydrogen) atoms. The minimum absolute atomic E-state index is 0.0322. The minimum Gasteiger partial charge on any atom is -0.496 e. The molecule has 0 aliphatic rings. The third-order valence-corrected chi connectivity index (χ3v) is 5.83. The second kappa shape index (κ2) is 7.34. The van der Waals surface area contributed by atoms with E-state index >= 15 is 0 Å². The lowest BCUT2D eigenvalue weighted by molar-refractivity contribution is 0.282. The minimum atomic E-state index is -3.64. The van der Waals surface area contributed by atoms with Gasteiger partial charge in [-0.15, -0.1) is 0 Å². The number of rotatable bonds is 6. The highest BCUT2D eigenvalue weighted by atomic mass is 32.2. The first-order valence-corrected chi connectivity index (χ1v) is 9.11. The highest BCUT2D eigenvalue weighted by Crippen LogP contribution is 2.30. The molecule has 0 spiro atoms. The molecule has 0 radical (unpaired) electrons. The number of aliphatic hydroxyl groups excluding tert-OH is 1. The molecule has 0 saturated heterocycles. The van der Waals surface area contributed by atoms with Crippen LogP contribution in [0.25, 0.3) is 0 Å². The van der Waals surface area contributed by atoms with Gasteiger partial charge in [0.25, 0.3) is 0 Å². The van der Waals surface area contributed by atoms with Gasteiger partial charge in [0, 0.05) is 6.54 Å². The van der Waals surface area contributed by atoms with Crippen molar-refractivity contribution in [3.63, 3.8) is 0 Å². The molecule has 0 aromatic heterocycles. The van der Waals surface area contributed by atoms with E-state index in [2.05, 4.69) is 4.72 Å². The van der Waals surface area contributed by atoms with Crippen LogP contribution in [0, 0.1) is 20.8 Å². The average Bonchev–Trinajstić information content (AvgIpc) is 2.56. The molecule has 0 bridgehead atoms. The Morgan fingerprint density at radius 3 is 2.17 bits per heavy atom. The standard InChI is InChI=1S/C18H23NO4S/c1-12-9-17(23-4)13(2)14(3)18(12)24(21,22)19-10-15-5-7-16(11-20)8-6-15/h5-9,19-20H,10-11H2,1-4H3. The lowest BCUT2D eigenvalue weighted by Crippen LogP contribution is -2.25. The van der Waals surface area contributed by atoms with Crippen LogP contribution in [0.15, 0.2) is 35.2 Å². The number of aryl methyl sites for hydroxylation is 1. The predicted octanol–water partition coefficient (Wildman–Crippen LogP) is 2.59. The Morgan fingerprint density at radius 1 is 1.04 bits per heavy atom. The lowest BCUT2D eigenvalue weighted by Gasteiger charge is -2.16. The fourth-order valence-electron chi connectivity index (χ4n) is 2.66. The van der Waals surface area contributed by atoms with Crippen LogP contribution in [0.2, 0.25) is 0 Å². The Labute approximate surface area is 143 Å². The number of benzene rings is 2. The zero-order valence-electron chi connectivity index (χ0n) is 14.4. The predicted molar refractivity (Wildman–Crippen MR) is 93.6 cm³/mol. The Bertz CT molecular complexity index is 827. The topological polar surface area (TPSA) is 75.6 Å². The Morgan fingerprint density at radius 2 is 1.62 bits per heavy atom.